The Labute approximate surface area is 128 Å². The summed E-state index contributed by atoms with van der Waals surface area (Å²) in [4.78, 5) is 8.67. The molecule has 5 heteroatoms. The SMILES string of the molecule is Cc1nc(Nc2ccccc2)cc(Nc2cccc(F)c2)n1. The highest BCUT2D eigenvalue weighted by atomic mass is 19.1. The smallest absolute Gasteiger partial charge is 0.136 e. The van der Waals surface area contributed by atoms with Gasteiger partial charge in [0.15, 0.2) is 0 Å². The summed E-state index contributed by atoms with van der Waals surface area (Å²) < 4.78 is 13.2. The molecule has 0 unspecified atom stereocenters. The zero-order valence-electron chi connectivity index (χ0n) is 12.0. The van der Waals surface area contributed by atoms with Crippen LogP contribution in [-0.4, -0.2) is 9.97 Å². The summed E-state index contributed by atoms with van der Waals surface area (Å²) in [7, 11) is 0. The Hall–Kier alpha value is -2.95. The normalized spacial score (nSPS) is 10.3. The highest BCUT2D eigenvalue weighted by molar-refractivity contribution is 5.63. The predicted octanol–water partition coefficient (Wildman–Crippen LogP) is 4.41. The number of nitrogens with zero attached hydrogens (tertiary/aromatic N) is 2. The molecular weight excluding hydrogens is 279 g/mol. The van der Waals surface area contributed by atoms with Crippen LogP contribution in [0.3, 0.4) is 0 Å². The number of hydrogen-bond donors (Lipinski definition) is 2. The fraction of sp³-hybridized carbons (Fsp3) is 0.0588. The van der Waals surface area contributed by atoms with Gasteiger partial charge in [-0.3, -0.25) is 0 Å². The average Bonchev–Trinajstić information content (AvgIpc) is 2.47. The topological polar surface area (TPSA) is 49.8 Å². The Morgan fingerprint density at radius 2 is 1.41 bits per heavy atom. The van der Waals surface area contributed by atoms with E-state index in [9.17, 15) is 4.39 Å². The molecule has 0 fully saturated rings. The number of anilines is 4. The van der Waals surface area contributed by atoms with Crippen LogP contribution in [0.1, 0.15) is 5.82 Å². The first kappa shape index (κ1) is 14.0. The van der Waals surface area contributed by atoms with Crippen LogP contribution < -0.4 is 10.6 Å². The van der Waals surface area contributed by atoms with Gasteiger partial charge in [0.25, 0.3) is 0 Å². The summed E-state index contributed by atoms with van der Waals surface area (Å²) in [5.74, 6) is 1.62. The van der Waals surface area contributed by atoms with Gasteiger partial charge >= 0.3 is 0 Å². The number of rotatable bonds is 4. The summed E-state index contributed by atoms with van der Waals surface area (Å²) in [6.07, 6.45) is 0. The van der Waals surface area contributed by atoms with E-state index in [4.69, 9.17) is 0 Å². The summed E-state index contributed by atoms with van der Waals surface area (Å²) in [6, 6.07) is 17.8. The number of para-hydroxylation sites is 1. The first-order valence-electron chi connectivity index (χ1n) is 6.89. The number of hydrogen-bond acceptors (Lipinski definition) is 4. The largest absolute Gasteiger partial charge is 0.340 e. The van der Waals surface area contributed by atoms with Crippen LogP contribution in [-0.2, 0) is 0 Å². The van der Waals surface area contributed by atoms with Crippen molar-refractivity contribution in [1.82, 2.24) is 9.97 Å². The maximum atomic E-state index is 13.2. The Morgan fingerprint density at radius 3 is 2.09 bits per heavy atom. The van der Waals surface area contributed by atoms with Crippen LogP contribution in [0, 0.1) is 12.7 Å². The Morgan fingerprint density at radius 1 is 0.773 bits per heavy atom. The van der Waals surface area contributed by atoms with Crippen LogP contribution in [0.5, 0.6) is 0 Å². The molecule has 0 amide bonds. The van der Waals surface area contributed by atoms with Crippen molar-refractivity contribution < 1.29 is 4.39 Å². The van der Waals surface area contributed by atoms with E-state index < -0.39 is 0 Å². The van der Waals surface area contributed by atoms with Gasteiger partial charge in [0.2, 0.25) is 0 Å². The predicted molar refractivity (Wildman–Crippen MR) is 86.2 cm³/mol. The second kappa shape index (κ2) is 6.22. The minimum absolute atomic E-state index is 0.293. The van der Waals surface area contributed by atoms with Gasteiger partial charge in [-0.1, -0.05) is 24.3 Å². The van der Waals surface area contributed by atoms with Gasteiger partial charge in [-0.25, -0.2) is 14.4 Å². The van der Waals surface area contributed by atoms with Crippen molar-refractivity contribution in [1.29, 1.82) is 0 Å². The average molecular weight is 294 g/mol. The summed E-state index contributed by atoms with van der Waals surface area (Å²) in [6.45, 7) is 1.81. The number of benzene rings is 2. The van der Waals surface area contributed by atoms with Gasteiger partial charge in [-0.2, -0.15) is 0 Å². The van der Waals surface area contributed by atoms with Gasteiger partial charge in [-0.05, 0) is 37.3 Å². The van der Waals surface area contributed by atoms with Crippen molar-refractivity contribution in [2.75, 3.05) is 10.6 Å². The first-order valence-corrected chi connectivity index (χ1v) is 6.89. The standard InChI is InChI=1S/C17H15FN4/c1-12-19-16(21-14-7-3-2-4-8-14)11-17(20-12)22-15-9-5-6-13(18)10-15/h2-11H,1H3,(H2,19,20,21,22). The van der Waals surface area contributed by atoms with E-state index in [1.807, 2.05) is 37.3 Å². The lowest BCUT2D eigenvalue weighted by Gasteiger charge is -2.10. The monoisotopic (exact) mass is 294 g/mol. The molecule has 0 saturated heterocycles. The lowest BCUT2D eigenvalue weighted by Crippen LogP contribution is -2.01. The molecule has 2 N–H and O–H groups in total. The van der Waals surface area contributed by atoms with E-state index in [-0.39, 0.29) is 5.82 Å². The van der Waals surface area contributed by atoms with Crippen molar-refractivity contribution >= 4 is 23.0 Å². The molecule has 0 atom stereocenters. The van der Waals surface area contributed by atoms with E-state index in [1.165, 1.54) is 12.1 Å². The van der Waals surface area contributed by atoms with E-state index in [2.05, 4.69) is 20.6 Å². The lowest BCUT2D eigenvalue weighted by molar-refractivity contribution is 0.628. The Bertz CT molecular complexity index is 775. The van der Waals surface area contributed by atoms with Gasteiger partial charge in [-0.15, -0.1) is 0 Å². The molecule has 0 saturated carbocycles. The van der Waals surface area contributed by atoms with Crippen LogP contribution in [0.2, 0.25) is 0 Å². The summed E-state index contributed by atoms with van der Waals surface area (Å²) >= 11 is 0. The zero-order valence-corrected chi connectivity index (χ0v) is 12.0. The van der Waals surface area contributed by atoms with Crippen molar-refractivity contribution in [3.63, 3.8) is 0 Å². The van der Waals surface area contributed by atoms with Crippen molar-refractivity contribution in [2.24, 2.45) is 0 Å². The second-order valence-electron chi connectivity index (χ2n) is 4.81. The van der Waals surface area contributed by atoms with Gasteiger partial charge in [0, 0.05) is 17.4 Å². The third-order valence-electron chi connectivity index (χ3n) is 2.98. The van der Waals surface area contributed by atoms with Crippen LogP contribution >= 0.6 is 0 Å². The number of nitrogens with one attached hydrogen (secondary N) is 2. The molecule has 110 valence electrons. The molecule has 1 aromatic heterocycles. The molecule has 0 aliphatic heterocycles. The molecule has 0 spiro atoms. The quantitative estimate of drug-likeness (QED) is 0.748. The Balaban J connectivity index is 1.83. The molecule has 2 aromatic carbocycles. The van der Waals surface area contributed by atoms with Crippen LogP contribution in [0.4, 0.5) is 27.4 Å². The van der Waals surface area contributed by atoms with E-state index >= 15 is 0 Å². The molecular formula is C17H15FN4. The van der Waals surface area contributed by atoms with Gasteiger partial charge < -0.3 is 10.6 Å². The van der Waals surface area contributed by atoms with Crippen molar-refractivity contribution in [3.05, 3.63) is 72.3 Å². The third-order valence-corrected chi connectivity index (χ3v) is 2.98. The lowest BCUT2D eigenvalue weighted by atomic mass is 10.3. The van der Waals surface area contributed by atoms with Crippen molar-refractivity contribution in [2.45, 2.75) is 6.92 Å². The van der Waals surface area contributed by atoms with Crippen LogP contribution in [0.15, 0.2) is 60.7 Å². The number of aryl methyl sites for hydroxylation is 1. The molecule has 1 heterocycles. The highest BCUT2D eigenvalue weighted by Gasteiger charge is 2.03. The molecule has 3 aromatic rings. The van der Waals surface area contributed by atoms with Crippen LogP contribution in [0.25, 0.3) is 0 Å². The summed E-state index contributed by atoms with van der Waals surface area (Å²) in [5, 5.41) is 6.30. The molecule has 22 heavy (non-hydrogen) atoms. The molecule has 0 radical (unpaired) electrons. The van der Waals surface area contributed by atoms with E-state index in [0.29, 0.717) is 23.1 Å². The fourth-order valence-corrected chi connectivity index (χ4v) is 2.08. The molecule has 4 nitrogen and oxygen atoms in total. The first-order chi connectivity index (χ1) is 10.7. The van der Waals surface area contributed by atoms with E-state index in [1.54, 1.807) is 18.2 Å². The fourth-order valence-electron chi connectivity index (χ4n) is 2.08. The molecule has 3 rings (SSSR count). The second-order valence-corrected chi connectivity index (χ2v) is 4.81. The molecule has 0 bridgehead atoms. The molecule has 0 aliphatic carbocycles. The summed E-state index contributed by atoms with van der Waals surface area (Å²) in [5.41, 5.74) is 1.58. The van der Waals surface area contributed by atoms with E-state index in [0.717, 1.165) is 5.69 Å². The van der Waals surface area contributed by atoms with Gasteiger partial charge in [0.1, 0.15) is 23.3 Å². The minimum atomic E-state index is -0.293. The molecule has 0 aliphatic rings. The third kappa shape index (κ3) is 3.58. The van der Waals surface area contributed by atoms with Crippen molar-refractivity contribution in [3.8, 4) is 0 Å². The minimum Gasteiger partial charge on any atom is -0.340 e. The van der Waals surface area contributed by atoms with Gasteiger partial charge in [0.05, 0.1) is 0 Å². The highest BCUT2D eigenvalue weighted by Crippen LogP contribution is 2.20. The maximum Gasteiger partial charge on any atom is 0.136 e. The Kier molecular flexibility index (Phi) is 3.96. The number of aromatic nitrogens is 2. The number of halogens is 1. The maximum absolute atomic E-state index is 13.2. The zero-order chi connectivity index (χ0) is 15.4.